The van der Waals surface area contributed by atoms with E-state index in [9.17, 15) is 9.59 Å². The lowest BCUT2D eigenvalue weighted by Crippen LogP contribution is -2.41. The van der Waals surface area contributed by atoms with Gasteiger partial charge in [-0.3, -0.25) is 9.59 Å². The molecule has 23 heavy (non-hydrogen) atoms. The quantitative estimate of drug-likeness (QED) is 0.894. The van der Waals surface area contributed by atoms with E-state index in [4.69, 9.17) is 4.74 Å². The number of hydrogen-bond acceptors (Lipinski definition) is 4. The zero-order chi connectivity index (χ0) is 16.1. The van der Waals surface area contributed by atoms with Crippen molar-refractivity contribution in [2.45, 2.75) is 38.3 Å². The molecule has 0 aromatic heterocycles. The molecule has 2 aliphatic rings. The van der Waals surface area contributed by atoms with E-state index in [1.807, 2.05) is 30.3 Å². The molecule has 1 aromatic rings. The first kappa shape index (κ1) is 15.7. The van der Waals surface area contributed by atoms with Gasteiger partial charge in [-0.05, 0) is 18.4 Å². The van der Waals surface area contributed by atoms with Crippen LogP contribution in [-0.4, -0.2) is 41.8 Å². The van der Waals surface area contributed by atoms with Crippen molar-refractivity contribution in [3.8, 4) is 0 Å². The van der Waals surface area contributed by atoms with E-state index in [1.165, 1.54) is 5.01 Å². The summed E-state index contributed by atoms with van der Waals surface area (Å²) in [4.78, 5) is 24.2. The first-order valence-corrected chi connectivity index (χ1v) is 8.04. The average molecular weight is 315 g/mol. The van der Waals surface area contributed by atoms with Crippen molar-refractivity contribution in [3.05, 3.63) is 35.9 Å². The van der Waals surface area contributed by atoms with Crippen molar-refractivity contribution in [1.82, 2.24) is 10.3 Å². The molecule has 1 unspecified atom stereocenters. The Bertz CT molecular complexity index is 594. The summed E-state index contributed by atoms with van der Waals surface area (Å²) in [7, 11) is 0. The molecule has 6 nitrogen and oxygen atoms in total. The summed E-state index contributed by atoms with van der Waals surface area (Å²) in [6, 6.07) is 9.64. The van der Waals surface area contributed by atoms with Gasteiger partial charge in [-0.15, -0.1) is 0 Å². The second-order valence-electron chi connectivity index (χ2n) is 5.83. The second-order valence-corrected chi connectivity index (χ2v) is 5.83. The molecular weight excluding hydrogens is 294 g/mol. The van der Waals surface area contributed by atoms with Gasteiger partial charge in [0.2, 0.25) is 5.91 Å². The van der Waals surface area contributed by atoms with Gasteiger partial charge in [0, 0.05) is 26.0 Å². The number of amides is 2. The van der Waals surface area contributed by atoms with Crippen LogP contribution < -0.4 is 5.32 Å². The zero-order valence-electron chi connectivity index (χ0n) is 13.0. The van der Waals surface area contributed by atoms with Crippen LogP contribution >= 0.6 is 0 Å². The Morgan fingerprint density at radius 1 is 1.30 bits per heavy atom. The summed E-state index contributed by atoms with van der Waals surface area (Å²) < 4.78 is 5.49. The maximum absolute atomic E-state index is 12.2. The smallest absolute Gasteiger partial charge is 0.267 e. The highest BCUT2D eigenvalue weighted by atomic mass is 16.5. The lowest BCUT2D eigenvalue weighted by atomic mass is 10.1. The van der Waals surface area contributed by atoms with E-state index in [-0.39, 0.29) is 17.9 Å². The van der Waals surface area contributed by atoms with Gasteiger partial charge in [-0.2, -0.15) is 5.10 Å². The molecule has 0 radical (unpaired) electrons. The molecule has 0 saturated carbocycles. The first-order chi connectivity index (χ1) is 11.2. The van der Waals surface area contributed by atoms with E-state index in [1.54, 1.807) is 0 Å². The Morgan fingerprint density at radius 3 is 2.87 bits per heavy atom. The van der Waals surface area contributed by atoms with Crippen LogP contribution in [0.4, 0.5) is 0 Å². The third kappa shape index (κ3) is 4.16. The summed E-state index contributed by atoms with van der Waals surface area (Å²) in [6.45, 7) is 1.66. The Balaban J connectivity index is 1.60. The Hall–Kier alpha value is -2.21. The summed E-state index contributed by atoms with van der Waals surface area (Å²) in [5.41, 5.74) is 1.41. The molecular formula is C17H21N3O3. The number of carbonyl (C=O) groups is 2. The predicted molar refractivity (Wildman–Crippen MR) is 85.6 cm³/mol. The number of hydrazone groups is 1. The minimum absolute atomic E-state index is 0.0514. The molecule has 2 heterocycles. The molecule has 1 saturated heterocycles. The van der Waals surface area contributed by atoms with E-state index < -0.39 is 0 Å². The van der Waals surface area contributed by atoms with Gasteiger partial charge in [0.05, 0.1) is 12.6 Å². The molecule has 0 spiro atoms. The molecule has 1 N–H and O–H groups in total. The molecule has 0 bridgehead atoms. The van der Waals surface area contributed by atoms with Gasteiger partial charge >= 0.3 is 0 Å². The zero-order valence-corrected chi connectivity index (χ0v) is 13.0. The number of carbonyl (C=O) groups excluding carboxylic acids is 2. The predicted octanol–water partition coefficient (Wildman–Crippen LogP) is 1.46. The molecule has 1 atom stereocenters. The summed E-state index contributed by atoms with van der Waals surface area (Å²) in [5, 5.41) is 8.50. The Labute approximate surface area is 135 Å². The van der Waals surface area contributed by atoms with Crippen LogP contribution in [0.25, 0.3) is 0 Å². The number of ether oxygens (including phenoxy) is 1. The number of nitrogens with one attached hydrogen (secondary N) is 1. The Morgan fingerprint density at radius 2 is 2.13 bits per heavy atom. The van der Waals surface area contributed by atoms with Gasteiger partial charge in [0.1, 0.15) is 5.71 Å². The van der Waals surface area contributed by atoms with Crippen LogP contribution in [0, 0.1) is 0 Å². The largest absolute Gasteiger partial charge is 0.376 e. The third-order valence-electron chi connectivity index (χ3n) is 4.06. The van der Waals surface area contributed by atoms with E-state index >= 15 is 0 Å². The van der Waals surface area contributed by atoms with Gasteiger partial charge in [0.25, 0.3) is 5.91 Å². The molecule has 2 aliphatic heterocycles. The topological polar surface area (TPSA) is 71.0 Å². The van der Waals surface area contributed by atoms with Crippen molar-refractivity contribution in [3.63, 3.8) is 0 Å². The fourth-order valence-electron chi connectivity index (χ4n) is 2.76. The standard InChI is InChI=1S/C17H21N3O3/c21-16-9-8-15(17(22)18-11-14-7-4-10-23-14)19-20(16)12-13-5-2-1-3-6-13/h1-3,5-6,14H,4,7-12H2,(H,18,22). The van der Waals surface area contributed by atoms with Crippen LogP contribution in [0.2, 0.25) is 0 Å². The lowest BCUT2D eigenvalue weighted by molar-refractivity contribution is -0.132. The van der Waals surface area contributed by atoms with E-state index in [2.05, 4.69) is 10.4 Å². The summed E-state index contributed by atoms with van der Waals surface area (Å²) in [5.74, 6) is -0.254. The highest BCUT2D eigenvalue weighted by Gasteiger charge is 2.25. The van der Waals surface area contributed by atoms with Gasteiger partial charge in [-0.25, -0.2) is 5.01 Å². The summed E-state index contributed by atoms with van der Waals surface area (Å²) in [6.07, 6.45) is 2.83. The minimum Gasteiger partial charge on any atom is -0.376 e. The highest BCUT2D eigenvalue weighted by molar-refractivity contribution is 6.39. The highest BCUT2D eigenvalue weighted by Crippen LogP contribution is 2.14. The minimum atomic E-state index is -0.203. The van der Waals surface area contributed by atoms with Gasteiger partial charge in [-0.1, -0.05) is 30.3 Å². The van der Waals surface area contributed by atoms with E-state index in [0.717, 1.165) is 25.0 Å². The molecule has 0 aliphatic carbocycles. The fourth-order valence-corrected chi connectivity index (χ4v) is 2.76. The number of nitrogens with zero attached hydrogens (tertiary/aromatic N) is 2. The second kappa shape index (κ2) is 7.37. The SMILES string of the molecule is O=C(NCC1CCCO1)C1=NN(Cc2ccccc2)C(=O)CC1. The molecule has 122 valence electrons. The van der Waals surface area contributed by atoms with Crippen molar-refractivity contribution in [2.24, 2.45) is 5.10 Å². The van der Waals surface area contributed by atoms with Crippen molar-refractivity contribution in [1.29, 1.82) is 0 Å². The van der Waals surface area contributed by atoms with Gasteiger partial charge < -0.3 is 10.1 Å². The maximum Gasteiger partial charge on any atom is 0.267 e. The molecule has 1 fully saturated rings. The number of hydrogen-bond donors (Lipinski definition) is 1. The molecule has 1 aromatic carbocycles. The number of rotatable bonds is 5. The summed E-state index contributed by atoms with van der Waals surface area (Å²) >= 11 is 0. The van der Waals surface area contributed by atoms with Crippen LogP contribution in [-0.2, 0) is 20.9 Å². The fraction of sp³-hybridized carbons (Fsp3) is 0.471. The van der Waals surface area contributed by atoms with Crippen LogP contribution in [0.3, 0.4) is 0 Å². The normalized spacial score (nSPS) is 21.2. The van der Waals surface area contributed by atoms with Crippen LogP contribution in [0.1, 0.15) is 31.2 Å². The first-order valence-electron chi connectivity index (χ1n) is 8.04. The maximum atomic E-state index is 12.2. The van der Waals surface area contributed by atoms with E-state index in [0.29, 0.717) is 31.6 Å². The Kier molecular flexibility index (Phi) is 5.02. The molecule has 3 rings (SSSR count). The van der Waals surface area contributed by atoms with Crippen molar-refractivity contribution >= 4 is 17.5 Å². The lowest BCUT2D eigenvalue weighted by Gasteiger charge is -2.23. The van der Waals surface area contributed by atoms with Crippen molar-refractivity contribution < 1.29 is 14.3 Å². The average Bonchev–Trinajstić information content (AvgIpc) is 3.09. The number of benzene rings is 1. The third-order valence-corrected chi connectivity index (χ3v) is 4.06. The van der Waals surface area contributed by atoms with Gasteiger partial charge in [0.15, 0.2) is 0 Å². The van der Waals surface area contributed by atoms with Crippen molar-refractivity contribution in [2.75, 3.05) is 13.2 Å². The molecule has 2 amide bonds. The molecule has 6 heteroatoms. The monoisotopic (exact) mass is 315 g/mol. The van der Waals surface area contributed by atoms with Crippen LogP contribution in [0.15, 0.2) is 35.4 Å². The van der Waals surface area contributed by atoms with Crippen LogP contribution in [0.5, 0.6) is 0 Å².